The van der Waals surface area contributed by atoms with Crippen molar-refractivity contribution < 1.29 is 40.9 Å². The van der Waals surface area contributed by atoms with Gasteiger partial charge >= 0.3 is 12.5 Å². The van der Waals surface area contributed by atoms with E-state index in [2.05, 4.69) is 14.5 Å². The number of aliphatic hydroxyl groups excluding tert-OH is 1. The zero-order valence-corrected chi connectivity index (χ0v) is 23.2. The number of fused-ring (bicyclic) bond motifs is 1. The second-order valence-corrected chi connectivity index (χ2v) is 10.1. The van der Waals surface area contributed by atoms with Gasteiger partial charge in [0.05, 0.1) is 23.7 Å². The Morgan fingerprint density at radius 1 is 1.09 bits per heavy atom. The first-order valence-electron chi connectivity index (χ1n) is 12.4. The third kappa shape index (κ3) is 5.70. The number of aliphatic hydroxyl groups is 1. The largest absolute Gasteiger partial charge is 0.586 e. The molecule has 0 radical (unpaired) electrons. The number of nitrogens with two attached hydrogens (primary N) is 2. The highest BCUT2D eigenvalue weighted by molar-refractivity contribution is 7.98. The molecule has 4 aromatic rings. The van der Waals surface area contributed by atoms with E-state index in [1.165, 1.54) is 59.7 Å². The summed E-state index contributed by atoms with van der Waals surface area (Å²) in [5.74, 6) is 5.37. The van der Waals surface area contributed by atoms with Crippen molar-refractivity contribution in [1.82, 2.24) is 9.55 Å². The van der Waals surface area contributed by atoms with Crippen LogP contribution in [-0.2, 0) is 12.8 Å². The summed E-state index contributed by atoms with van der Waals surface area (Å²) in [5.41, 5.74) is 6.22. The topological polar surface area (TPSA) is 112 Å². The lowest BCUT2D eigenvalue weighted by Gasteiger charge is -2.26. The molecule has 0 atom stereocenters. The van der Waals surface area contributed by atoms with Crippen LogP contribution >= 0.6 is 11.8 Å². The molecular formula is C28H23F6N5O3S. The summed E-state index contributed by atoms with van der Waals surface area (Å²) in [6.45, 7) is 0.857. The minimum atomic E-state index is -4.73. The van der Waals surface area contributed by atoms with Gasteiger partial charge in [0, 0.05) is 28.4 Å². The number of halogens is 6. The summed E-state index contributed by atoms with van der Waals surface area (Å²) in [5, 5.41) is 10.6. The van der Waals surface area contributed by atoms with E-state index in [0.29, 0.717) is 16.0 Å². The molecule has 0 saturated heterocycles. The van der Waals surface area contributed by atoms with Crippen LogP contribution in [0.3, 0.4) is 0 Å². The standard InChI is InChI=1S/C28H23F6N5O3S/c1-14-37-26(27(30,31)32)12-38(14)20-5-3-15(17-7-19(29)18(13-40)25(10-17)43-2)8-21(20)39(36)22(11-35)16-4-6-23-24(9-16)42-28(33,34)41-23/h3-12,40H,13,35-36H2,1-2H3/b22-11-. The molecule has 2 heterocycles. The molecule has 5 rings (SSSR count). The first-order chi connectivity index (χ1) is 20.3. The van der Waals surface area contributed by atoms with Gasteiger partial charge in [-0.05, 0) is 66.8 Å². The molecule has 0 fully saturated rings. The van der Waals surface area contributed by atoms with E-state index in [9.17, 15) is 31.4 Å². The third-order valence-corrected chi connectivity index (χ3v) is 7.45. The van der Waals surface area contributed by atoms with Crippen molar-refractivity contribution in [3.8, 4) is 28.3 Å². The molecule has 0 amide bonds. The fourth-order valence-corrected chi connectivity index (χ4v) is 5.27. The SMILES string of the molecule is CSc1cc(-c2ccc(-n3cc(C(F)(F)F)nc3C)c(N(N)/C(=C\N)c3ccc4c(c3)OC(F)(F)O4)c2)cc(F)c1CO. The number of nitrogens with zero attached hydrogens (tertiary/aromatic N) is 3. The first-order valence-corrected chi connectivity index (χ1v) is 13.6. The van der Waals surface area contributed by atoms with Crippen LogP contribution in [0.5, 0.6) is 11.5 Å². The van der Waals surface area contributed by atoms with Gasteiger partial charge in [0.2, 0.25) is 0 Å². The predicted octanol–water partition coefficient (Wildman–Crippen LogP) is 6.18. The van der Waals surface area contributed by atoms with Crippen molar-refractivity contribution in [2.45, 2.75) is 30.9 Å². The summed E-state index contributed by atoms with van der Waals surface area (Å²) in [4.78, 5) is 4.11. The highest BCUT2D eigenvalue weighted by Gasteiger charge is 2.43. The number of hydrogen-bond acceptors (Lipinski definition) is 8. The smallest absolute Gasteiger partial charge is 0.403 e. The van der Waals surface area contributed by atoms with Crippen molar-refractivity contribution >= 4 is 23.1 Å². The van der Waals surface area contributed by atoms with Gasteiger partial charge in [0.1, 0.15) is 11.6 Å². The quantitative estimate of drug-likeness (QED) is 0.0969. The Balaban J connectivity index is 1.67. The second-order valence-electron chi connectivity index (χ2n) is 9.29. The second kappa shape index (κ2) is 11.1. The Hall–Kier alpha value is -4.34. The summed E-state index contributed by atoms with van der Waals surface area (Å²) < 4.78 is 92.8. The van der Waals surface area contributed by atoms with Crippen molar-refractivity contribution in [1.29, 1.82) is 0 Å². The van der Waals surface area contributed by atoms with Crippen LogP contribution in [0.4, 0.5) is 32.0 Å². The van der Waals surface area contributed by atoms with Crippen molar-refractivity contribution in [3.05, 3.63) is 89.4 Å². The van der Waals surface area contributed by atoms with E-state index in [1.807, 2.05) is 0 Å². The molecule has 1 aliphatic rings. The molecule has 15 heteroatoms. The summed E-state index contributed by atoms with van der Waals surface area (Å²) >= 11 is 1.22. The first kappa shape index (κ1) is 30.1. The molecule has 0 bridgehead atoms. The number of ether oxygens (including phenoxy) is 2. The summed E-state index contributed by atoms with van der Waals surface area (Å²) in [6.07, 6.45) is -5.00. The van der Waals surface area contributed by atoms with Crippen LogP contribution < -0.4 is 26.1 Å². The van der Waals surface area contributed by atoms with Gasteiger partial charge in [0.25, 0.3) is 0 Å². The van der Waals surface area contributed by atoms with Crippen molar-refractivity contribution in [3.63, 3.8) is 0 Å². The molecule has 226 valence electrons. The van der Waals surface area contributed by atoms with E-state index >= 15 is 0 Å². The average Bonchev–Trinajstić information content (AvgIpc) is 3.50. The average molecular weight is 624 g/mol. The number of anilines is 1. The summed E-state index contributed by atoms with van der Waals surface area (Å²) in [7, 11) is 0. The van der Waals surface area contributed by atoms with Gasteiger partial charge in [0.15, 0.2) is 17.2 Å². The predicted molar refractivity (Wildman–Crippen MR) is 148 cm³/mol. The van der Waals surface area contributed by atoms with Gasteiger partial charge in [-0.1, -0.05) is 6.07 Å². The number of aromatic nitrogens is 2. The number of imidazole rings is 1. The van der Waals surface area contributed by atoms with Crippen LogP contribution in [0, 0.1) is 12.7 Å². The zero-order chi connectivity index (χ0) is 31.3. The number of hydrogen-bond donors (Lipinski definition) is 3. The van der Waals surface area contributed by atoms with Crippen LogP contribution in [0.15, 0.2) is 65.8 Å². The molecule has 5 N–H and O–H groups in total. The van der Waals surface area contributed by atoms with Crippen LogP contribution in [0.1, 0.15) is 22.6 Å². The van der Waals surface area contributed by atoms with Crippen LogP contribution in [-0.4, -0.2) is 27.2 Å². The Morgan fingerprint density at radius 3 is 2.44 bits per heavy atom. The molecule has 0 spiro atoms. The molecule has 1 aromatic heterocycles. The zero-order valence-electron chi connectivity index (χ0n) is 22.4. The van der Waals surface area contributed by atoms with Gasteiger partial charge in [-0.15, -0.1) is 20.5 Å². The molecule has 43 heavy (non-hydrogen) atoms. The molecule has 8 nitrogen and oxygen atoms in total. The van der Waals surface area contributed by atoms with Gasteiger partial charge < -0.3 is 24.9 Å². The number of alkyl halides is 5. The van der Waals surface area contributed by atoms with Crippen molar-refractivity contribution in [2.24, 2.45) is 11.6 Å². The van der Waals surface area contributed by atoms with Gasteiger partial charge in [-0.25, -0.2) is 15.2 Å². The molecular weight excluding hydrogens is 600 g/mol. The number of aryl methyl sites for hydroxylation is 1. The maximum Gasteiger partial charge on any atom is 0.586 e. The van der Waals surface area contributed by atoms with E-state index < -0.39 is 30.6 Å². The third-order valence-electron chi connectivity index (χ3n) is 6.65. The highest BCUT2D eigenvalue weighted by atomic mass is 32.2. The highest BCUT2D eigenvalue weighted by Crippen LogP contribution is 2.43. The Kier molecular flexibility index (Phi) is 7.75. The molecule has 1 aliphatic heterocycles. The summed E-state index contributed by atoms with van der Waals surface area (Å²) in [6, 6.07) is 11.2. The monoisotopic (exact) mass is 623 g/mol. The number of rotatable bonds is 7. The number of hydrazine groups is 1. The fraction of sp³-hybridized carbons (Fsp3) is 0.179. The Morgan fingerprint density at radius 2 is 1.81 bits per heavy atom. The maximum atomic E-state index is 14.9. The van der Waals surface area contributed by atoms with E-state index in [1.54, 1.807) is 18.4 Å². The van der Waals surface area contributed by atoms with E-state index in [-0.39, 0.29) is 45.5 Å². The lowest BCUT2D eigenvalue weighted by atomic mass is 10.0. The Bertz CT molecular complexity index is 1740. The minimum absolute atomic E-state index is 0.0127. The lowest BCUT2D eigenvalue weighted by molar-refractivity contribution is -0.286. The van der Waals surface area contributed by atoms with E-state index in [0.717, 1.165) is 17.4 Å². The lowest BCUT2D eigenvalue weighted by Crippen LogP contribution is -2.31. The van der Waals surface area contributed by atoms with Crippen LogP contribution in [0.25, 0.3) is 22.5 Å². The van der Waals surface area contributed by atoms with Crippen molar-refractivity contribution in [2.75, 3.05) is 11.3 Å². The maximum absolute atomic E-state index is 14.9. The molecule has 0 aliphatic carbocycles. The molecule has 0 saturated carbocycles. The van der Waals surface area contributed by atoms with Gasteiger partial charge in [-0.3, -0.25) is 5.01 Å². The minimum Gasteiger partial charge on any atom is -0.403 e. The van der Waals surface area contributed by atoms with Gasteiger partial charge in [-0.2, -0.15) is 13.2 Å². The fourth-order valence-electron chi connectivity index (χ4n) is 4.62. The number of benzene rings is 3. The number of thioether (sulfide) groups is 1. The normalized spacial score (nSPS) is 14.3. The van der Waals surface area contributed by atoms with E-state index in [4.69, 9.17) is 11.6 Å². The Labute approximate surface area is 245 Å². The molecule has 0 unspecified atom stereocenters. The van der Waals surface area contributed by atoms with Crippen LogP contribution in [0.2, 0.25) is 0 Å². The molecule has 3 aromatic carbocycles.